The zero-order valence-corrected chi connectivity index (χ0v) is 14.9. The first-order valence-electron chi connectivity index (χ1n) is 8.52. The van der Waals surface area contributed by atoms with Gasteiger partial charge in [0.15, 0.2) is 0 Å². The number of aromatic nitrogens is 1. The van der Waals surface area contributed by atoms with Gasteiger partial charge in [0.05, 0.1) is 17.4 Å². The molecule has 0 saturated heterocycles. The number of aromatic carboxylic acids is 1. The predicted molar refractivity (Wildman–Crippen MR) is 104 cm³/mol. The van der Waals surface area contributed by atoms with Crippen molar-refractivity contribution in [2.24, 2.45) is 0 Å². The van der Waals surface area contributed by atoms with Crippen LogP contribution in [0, 0.1) is 0 Å². The highest BCUT2D eigenvalue weighted by Crippen LogP contribution is 2.30. The van der Waals surface area contributed by atoms with Gasteiger partial charge in [-0.2, -0.15) is 11.3 Å². The quantitative estimate of drug-likeness (QED) is 0.641. The van der Waals surface area contributed by atoms with Gasteiger partial charge >= 0.3 is 5.97 Å². The Morgan fingerprint density at radius 3 is 3.04 bits per heavy atom. The van der Waals surface area contributed by atoms with Gasteiger partial charge in [-0.05, 0) is 58.1 Å². The molecular formula is C20H19N3O2S. The molecular weight excluding hydrogens is 346 g/mol. The lowest BCUT2D eigenvalue weighted by Crippen LogP contribution is -2.34. The van der Waals surface area contributed by atoms with Crippen molar-refractivity contribution < 1.29 is 9.90 Å². The van der Waals surface area contributed by atoms with Crippen LogP contribution in [-0.2, 0) is 6.42 Å². The second-order valence-corrected chi connectivity index (χ2v) is 7.07. The minimum atomic E-state index is -0.952. The van der Waals surface area contributed by atoms with E-state index in [9.17, 15) is 9.90 Å². The maximum Gasteiger partial charge on any atom is 0.337 e. The van der Waals surface area contributed by atoms with Crippen molar-refractivity contribution in [2.45, 2.75) is 12.5 Å². The molecule has 132 valence electrons. The topological polar surface area (TPSA) is 74.2 Å². The highest BCUT2D eigenvalue weighted by molar-refractivity contribution is 7.08. The molecule has 3 N–H and O–H groups in total. The summed E-state index contributed by atoms with van der Waals surface area (Å²) in [6.07, 6.45) is 4.05. The summed E-state index contributed by atoms with van der Waals surface area (Å²) in [6, 6.07) is 10.4. The summed E-state index contributed by atoms with van der Waals surface area (Å²) >= 11 is 1.71. The van der Waals surface area contributed by atoms with Gasteiger partial charge in [0, 0.05) is 18.8 Å². The molecule has 0 spiro atoms. The molecule has 0 saturated carbocycles. The Morgan fingerprint density at radius 2 is 2.23 bits per heavy atom. The number of carboxylic acids is 1. The van der Waals surface area contributed by atoms with E-state index in [1.165, 1.54) is 34.5 Å². The van der Waals surface area contributed by atoms with E-state index in [0.717, 1.165) is 13.0 Å². The van der Waals surface area contributed by atoms with Crippen molar-refractivity contribution in [3.05, 3.63) is 70.2 Å². The minimum Gasteiger partial charge on any atom is -0.478 e. The van der Waals surface area contributed by atoms with Crippen molar-refractivity contribution >= 4 is 23.0 Å². The Labute approximate surface area is 155 Å². The fourth-order valence-corrected chi connectivity index (χ4v) is 4.04. The molecule has 0 bridgehead atoms. The second-order valence-electron chi connectivity index (χ2n) is 6.29. The summed E-state index contributed by atoms with van der Waals surface area (Å²) in [7, 11) is 0. The molecule has 0 fully saturated rings. The molecule has 1 aliphatic heterocycles. The largest absolute Gasteiger partial charge is 0.478 e. The number of carboxylic acid groups (broad SMARTS) is 1. The van der Waals surface area contributed by atoms with Crippen molar-refractivity contribution in [2.75, 3.05) is 18.4 Å². The normalized spacial score (nSPS) is 16.1. The van der Waals surface area contributed by atoms with Crippen molar-refractivity contribution in [3.63, 3.8) is 0 Å². The molecule has 3 heterocycles. The van der Waals surface area contributed by atoms with Crippen LogP contribution in [0.1, 0.15) is 27.5 Å². The maximum absolute atomic E-state index is 11.3. The molecule has 1 aliphatic rings. The van der Waals surface area contributed by atoms with E-state index >= 15 is 0 Å². The lowest BCUT2D eigenvalue weighted by molar-refractivity contribution is 0.0698. The number of benzene rings is 1. The number of anilines is 1. The number of rotatable bonds is 5. The average molecular weight is 365 g/mol. The van der Waals surface area contributed by atoms with Crippen LogP contribution in [0.5, 0.6) is 0 Å². The third-order valence-electron chi connectivity index (χ3n) is 4.71. The van der Waals surface area contributed by atoms with Gasteiger partial charge in [0.25, 0.3) is 0 Å². The Bertz CT molecular complexity index is 925. The van der Waals surface area contributed by atoms with E-state index in [-0.39, 0.29) is 11.6 Å². The molecule has 6 heteroatoms. The van der Waals surface area contributed by atoms with E-state index in [4.69, 9.17) is 0 Å². The highest BCUT2D eigenvalue weighted by Gasteiger charge is 2.21. The lowest BCUT2D eigenvalue weighted by atomic mass is 9.91. The number of hydrogen-bond acceptors (Lipinski definition) is 5. The van der Waals surface area contributed by atoms with Gasteiger partial charge in [-0.3, -0.25) is 4.98 Å². The number of pyridine rings is 1. The van der Waals surface area contributed by atoms with Crippen LogP contribution in [0.15, 0.2) is 53.5 Å². The van der Waals surface area contributed by atoms with E-state index in [1.807, 2.05) is 0 Å². The molecule has 2 aromatic heterocycles. The number of nitrogens with one attached hydrogen (secondary N) is 2. The summed E-state index contributed by atoms with van der Waals surface area (Å²) in [4.78, 5) is 15.4. The van der Waals surface area contributed by atoms with Crippen LogP contribution in [0.4, 0.5) is 5.69 Å². The zero-order valence-electron chi connectivity index (χ0n) is 14.1. The first-order valence-corrected chi connectivity index (χ1v) is 9.46. The van der Waals surface area contributed by atoms with E-state index in [0.29, 0.717) is 12.2 Å². The van der Waals surface area contributed by atoms with Gasteiger partial charge < -0.3 is 15.7 Å². The molecule has 26 heavy (non-hydrogen) atoms. The van der Waals surface area contributed by atoms with Gasteiger partial charge in [0.1, 0.15) is 0 Å². The number of hydrogen-bond donors (Lipinski definition) is 3. The summed E-state index contributed by atoms with van der Waals surface area (Å²) in [5, 5.41) is 20.3. The second kappa shape index (κ2) is 7.27. The van der Waals surface area contributed by atoms with Crippen LogP contribution in [-0.4, -0.2) is 29.1 Å². The predicted octanol–water partition coefficient (Wildman–Crippen LogP) is 3.81. The first kappa shape index (κ1) is 16.8. The van der Waals surface area contributed by atoms with Gasteiger partial charge in [-0.15, -0.1) is 0 Å². The Kier molecular flexibility index (Phi) is 4.69. The fourth-order valence-electron chi connectivity index (χ4n) is 3.38. The molecule has 3 aromatic rings. The van der Waals surface area contributed by atoms with Crippen LogP contribution < -0.4 is 10.6 Å². The van der Waals surface area contributed by atoms with Crippen LogP contribution >= 0.6 is 11.3 Å². The zero-order chi connectivity index (χ0) is 17.9. The monoisotopic (exact) mass is 365 g/mol. The number of fused-ring (bicyclic) bond motifs is 1. The smallest absolute Gasteiger partial charge is 0.337 e. The Balaban J connectivity index is 1.54. The number of carbonyl (C=O) groups is 1. The lowest BCUT2D eigenvalue weighted by Gasteiger charge is -2.28. The van der Waals surface area contributed by atoms with E-state index in [2.05, 4.69) is 50.6 Å². The summed E-state index contributed by atoms with van der Waals surface area (Å²) in [5.74, 6) is -0.952. The highest BCUT2D eigenvalue weighted by atomic mass is 32.1. The third kappa shape index (κ3) is 3.34. The van der Waals surface area contributed by atoms with Crippen molar-refractivity contribution in [3.8, 4) is 11.1 Å². The van der Waals surface area contributed by atoms with Gasteiger partial charge in [-0.25, -0.2) is 4.79 Å². The molecule has 5 nitrogen and oxygen atoms in total. The number of thiophene rings is 1. The molecule has 0 unspecified atom stereocenters. The van der Waals surface area contributed by atoms with Crippen LogP contribution in [0.2, 0.25) is 0 Å². The molecule has 4 rings (SSSR count). The summed E-state index contributed by atoms with van der Waals surface area (Å²) in [5.41, 5.74) is 5.91. The Hall–Kier alpha value is -2.70. The summed E-state index contributed by atoms with van der Waals surface area (Å²) in [6.45, 7) is 1.52. The molecule has 0 radical (unpaired) electrons. The van der Waals surface area contributed by atoms with Crippen LogP contribution in [0.3, 0.4) is 0 Å². The Morgan fingerprint density at radius 1 is 1.31 bits per heavy atom. The third-order valence-corrected chi connectivity index (χ3v) is 5.39. The van der Waals surface area contributed by atoms with Crippen molar-refractivity contribution in [1.82, 2.24) is 10.3 Å². The molecule has 1 aromatic carbocycles. The summed E-state index contributed by atoms with van der Waals surface area (Å²) < 4.78 is 0. The number of nitrogens with zero attached hydrogens (tertiary/aromatic N) is 1. The maximum atomic E-state index is 11.3. The first-order chi connectivity index (χ1) is 12.7. The van der Waals surface area contributed by atoms with E-state index < -0.39 is 5.97 Å². The average Bonchev–Trinajstić information content (AvgIpc) is 3.21. The molecule has 0 amide bonds. The SMILES string of the molecule is O=C(O)c1ccncc1NC[C@H]1NCCc2cc(-c3ccsc3)ccc21. The van der Waals surface area contributed by atoms with E-state index in [1.54, 1.807) is 17.5 Å². The van der Waals surface area contributed by atoms with Gasteiger partial charge in [-0.1, -0.05) is 18.2 Å². The molecule has 0 aliphatic carbocycles. The van der Waals surface area contributed by atoms with Crippen LogP contribution in [0.25, 0.3) is 11.1 Å². The molecule has 1 atom stereocenters. The fraction of sp³-hybridized carbons (Fsp3) is 0.200. The minimum absolute atomic E-state index is 0.136. The standard InChI is InChI=1S/C20H19N3O2S/c24-20(25)17-4-6-21-10-18(17)23-11-19-16-2-1-13(15-5-8-26-12-15)9-14(16)3-7-22-19/h1-2,4-6,8-10,12,19,22-23H,3,7,11H2,(H,24,25)/t19-/m1/s1. The van der Waals surface area contributed by atoms with Gasteiger partial charge in [0.2, 0.25) is 0 Å². The van der Waals surface area contributed by atoms with Crippen molar-refractivity contribution in [1.29, 1.82) is 0 Å².